The predicted molar refractivity (Wildman–Crippen MR) is 142 cm³/mol. The van der Waals surface area contributed by atoms with Gasteiger partial charge in [0.2, 0.25) is 0 Å². The molecule has 0 aliphatic heterocycles. The number of benzene rings is 3. The number of hydrogen-bond donors (Lipinski definition) is 0. The Morgan fingerprint density at radius 2 is 1.79 bits per heavy atom. The Labute approximate surface area is 197 Å². The topological polar surface area (TPSA) is 16.1 Å². The summed E-state index contributed by atoms with van der Waals surface area (Å²) >= 11 is 0. The Morgan fingerprint density at radius 3 is 2.61 bits per heavy atom. The number of hydrogen-bond acceptors (Lipinski definition) is 2. The van der Waals surface area contributed by atoms with Gasteiger partial charge in [0.05, 0.1) is 11.7 Å². The fourth-order valence-electron chi connectivity index (χ4n) is 5.53. The fourth-order valence-corrected chi connectivity index (χ4v) is 5.53. The van der Waals surface area contributed by atoms with Gasteiger partial charge in [-0.1, -0.05) is 80.2 Å². The number of fused-ring (bicyclic) bond motifs is 2. The first-order valence-corrected chi connectivity index (χ1v) is 12.2. The lowest BCUT2D eigenvalue weighted by molar-refractivity contribution is 0.520. The number of rotatable bonds is 6. The zero-order valence-electron chi connectivity index (χ0n) is 19.7. The molecule has 33 heavy (non-hydrogen) atoms. The Morgan fingerprint density at radius 1 is 1.00 bits per heavy atom. The van der Waals surface area contributed by atoms with E-state index in [4.69, 9.17) is 4.98 Å². The van der Waals surface area contributed by atoms with Crippen LogP contribution in [0.1, 0.15) is 55.1 Å². The van der Waals surface area contributed by atoms with Crippen molar-refractivity contribution in [3.05, 3.63) is 102 Å². The van der Waals surface area contributed by atoms with Crippen molar-refractivity contribution in [3.63, 3.8) is 0 Å². The first kappa shape index (κ1) is 21.5. The van der Waals surface area contributed by atoms with Gasteiger partial charge in [0, 0.05) is 34.4 Å². The molecular formula is C31H32N2. The number of anilines is 1. The Kier molecular flexibility index (Phi) is 6.00. The van der Waals surface area contributed by atoms with E-state index in [2.05, 4.69) is 98.1 Å². The number of aromatic nitrogens is 1. The lowest BCUT2D eigenvalue weighted by atomic mass is 9.85. The normalized spacial score (nSPS) is 15.3. The molecule has 0 bridgehead atoms. The smallest absolute Gasteiger partial charge is 0.0714 e. The lowest BCUT2D eigenvalue weighted by Gasteiger charge is -2.38. The van der Waals surface area contributed by atoms with Crippen molar-refractivity contribution >= 4 is 22.5 Å². The van der Waals surface area contributed by atoms with Crippen LogP contribution in [0.25, 0.3) is 28.1 Å². The Bertz CT molecular complexity index is 1300. The molecular weight excluding hydrogens is 400 g/mol. The van der Waals surface area contributed by atoms with E-state index < -0.39 is 0 Å². The maximum Gasteiger partial charge on any atom is 0.0714 e. The molecule has 1 atom stereocenters. The van der Waals surface area contributed by atoms with E-state index in [1.54, 1.807) is 0 Å². The summed E-state index contributed by atoms with van der Waals surface area (Å²) in [6.45, 7) is 9.65. The summed E-state index contributed by atoms with van der Waals surface area (Å²) in [6, 6.07) is 26.6. The molecule has 1 aromatic heterocycles. The van der Waals surface area contributed by atoms with Gasteiger partial charge in [-0.05, 0) is 61.3 Å². The second-order valence-corrected chi connectivity index (χ2v) is 8.86. The maximum absolute atomic E-state index is 5.25. The van der Waals surface area contributed by atoms with E-state index in [1.807, 2.05) is 6.08 Å². The van der Waals surface area contributed by atoms with Crippen LogP contribution in [0.4, 0.5) is 5.69 Å². The van der Waals surface area contributed by atoms with Crippen molar-refractivity contribution in [1.82, 2.24) is 4.98 Å². The molecule has 2 nitrogen and oxygen atoms in total. The number of aryl methyl sites for hydroxylation is 2. The minimum atomic E-state index is 0.306. The molecule has 0 saturated heterocycles. The summed E-state index contributed by atoms with van der Waals surface area (Å²) in [5, 5.41) is 2.61. The highest BCUT2D eigenvalue weighted by molar-refractivity contribution is 5.94. The first-order valence-electron chi connectivity index (χ1n) is 12.2. The second kappa shape index (κ2) is 9.23. The molecule has 1 heterocycles. The van der Waals surface area contributed by atoms with Gasteiger partial charge >= 0.3 is 0 Å². The summed E-state index contributed by atoms with van der Waals surface area (Å²) in [5.41, 5.74) is 8.81. The molecule has 0 amide bonds. The quantitative estimate of drug-likeness (QED) is 0.307. The van der Waals surface area contributed by atoms with Crippen LogP contribution in [0.15, 0.2) is 79.4 Å². The molecule has 166 valence electrons. The third-order valence-corrected chi connectivity index (χ3v) is 7.08. The second-order valence-electron chi connectivity index (χ2n) is 8.86. The molecule has 1 aliphatic carbocycles. The predicted octanol–water partition coefficient (Wildman–Crippen LogP) is 8.01. The van der Waals surface area contributed by atoms with Gasteiger partial charge in [-0.25, -0.2) is 0 Å². The van der Waals surface area contributed by atoms with E-state index in [9.17, 15) is 0 Å². The van der Waals surface area contributed by atoms with Gasteiger partial charge < -0.3 is 4.90 Å². The van der Waals surface area contributed by atoms with E-state index in [0.717, 1.165) is 37.9 Å². The average molecular weight is 433 g/mol. The van der Waals surface area contributed by atoms with Gasteiger partial charge in [0.1, 0.15) is 0 Å². The van der Waals surface area contributed by atoms with Crippen molar-refractivity contribution in [2.75, 3.05) is 11.4 Å². The molecule has 0 spiro atoms. The molecule has 3 aromatic carbocycles. The van der Waals surface area contributed by atoms with Crippen LogP contribution < -0.4 is 4.90 Å². The Balaban J connectivity index is 1.65. The van der Waals surface area contributed by atoms with Crippen molar-refractivity contribution in [3.8, 4) is 11.3 Å². The maximum atomic E-state index is 5.25. The third-order valence-electron chi connectivity index (χ3n) is 7.08. The van der Waals surface area contributed by atoms with Crippen LogP contribution >= 0.6 is 0 Å². The summed E-state index contributed by atoms with van der Waals surface area (Å²) in [5.74, 6) is 0. The van der Waals surface area contributed by atoms with E-state index in [1.165, 1.54) is 44.4 Å². The number of nitrogens with zero attached hydrogens (tertiary/aromatic N) is 2. The van der Waals surface area contributed by atoms with Crippen molar-refractivity contribution in [1.29, 1.82) is 0 Å². The first-order chi connectivity index (χ1) is 16.2. The summed E-state index contributed by atoms with van der Waals surface area (Å²) in [4.78, 5) is 7.83. The van der Waals surface area contributed by atoms with Gasteiger partial charge in [0.25, 0.3) is 0 Å². The van der Waals surface area contributed by atoms with E-state index >= 15 is 0 Å². The molecule has 0 fully saturated rings. The van der Waals surface area contributed by atoms with Crippen LogP contribution in [0, 0.1) is 0 Å². The highest BCUT2D eigenvalue weighted by Crippen LogP contribution is 2.42. The van der Waals surface area contributed by atoms with Gasteiger partial charge in [-0.2, -0.15) is 0 Å². The van der Waals surface area contributed by atoms with Gasteiger partial charge in [0.15, 0.2) is 0 Å². The number of pyridine rings is 1. The molecule has 0 saturated carbocycles. The molecule has 1 unspecified atom stereocenters. The highest BCUT2D eigenvalue weighted by Gasteiger charge is 2.30. The minimum absolute atomic E-state index is 0.306. The molecule has 5 rings (SSSR count). The average Bonchev–Trinajstić information content (AvgIpc) is 2.88. The van der Waals surface area contributed by atoms with Crippen LogP contribution in [0.3, 0.4) is 0 Å². The minimum Gasteiger partial charge on any atom is -0.364 e. The van der Waals surface area contributed by atoms with Crippen molar-refractivity contribution in [2.24, 2.45) is 0 Å². The molecule has 4 aromatic rings. The lowest BCUT2D eigenvalue weighted by Crippen LogP contribution is -2.32. The zero-order chi connectivity index (χ0) is 22.8. The van der Waals surface area contributed by atoms with E-state index in [0.29, 0.717) is 6.04 Å². The van der Waals surface area contributed by atoms with Crippen molar-refractivity contribution < 1.29 is 0 Å². The van der Waals surface area contributed by atoms with Crippen LogP contribution in [-0.4, -0.2) is 11.5 Å². The van der Waals surface area contributed by atoms with Crippen LogP contribution in [-0.2, 0) is 12.8 Å². The molecule has 2 heteroatoms. The summed E-state index contributed by atoms with van der Waals surface area (Å²) in [6.07, 6.45) is 6.36. The highest BCUT2D eigenvalue weighted by atomic mass is 15.2. The fraction of sp³-hybridized carbons (Fsp3) is 0.258. The third kappa shape index (κ3) is 3.84. The molecule has 0 N–H and O–H groups in total. The molecule has 1 aliphatic rings. The van der Waals surface area contributed by atoms with Gasteiger partial charge in [-0.15, -0.1) is 0 Å². The summed E-state index contributed by atoms with van der Waals surface area (Å²) < 4.78 is 0. The monoisotopic (exact) mass is 432 g/mol. The van der Waals surface area contributed by atoms with Crippen LogP contribution in [0.5, 0.6) is 0 Å². The molecule has 0 radical (unpaired) electrons. The Hall–Kier alpha value is -3.39. The zero-order valence-corrected chi connectivity index (χ0v) is 19.7. The van der Waals surface area contributed by atoms with Crippen molar-refractivity contribution in [2.45, 2.75) is 45.6 Å². The van der Waals surface area contributed by atoms with Gasteiger partial charge in [-0.3, -0.25) is 4.98 Å². The largest absolute Gasteiger partial charge is 0.364 e. The summed E-state index contributed by atoms with van der Waals surface area (Å²) in [7, 11) is 0. The standard InChI is InChI=1S/C31H32N2/c1-4-22-13-7-9-16-25(22)28-21-23(5-2)31-27(32-28)18-12-20-30(31)33(6-3)29-19-11-15-24-14-8-10-17-26(24)29/h5,7-11,13-17,19,21,30H,2,4,6,12,18,20H2,1,3H3. The van der Waals surface area contributed by atoms with E-state index in [-0.39, 0.29) is 0 Å². The SMILES string of the molecule is C=Cc1cc(-c2ccccc2CC)nc2c1C(N(CC)c1cccc3ccccc13)CCC2. The van der Waals surface area contributed by atoms with Crippen LogP contribution in [0.2, 0.25) is 0 Å².